The Morgan fingerprint density at radius 2 is 1.88 bits per heavy atom. The number of anilines is 1. The van der Waals surface area contributed by atoms with Crippen LogP contribution < -0.4 is 9.08 Å². The summed E-state index contributed by atoms with van der Waals surface area (Å²) in [4.78, 5) is 5.12. The molecule has 0 amide bonds. The summed E-state index contributed by atoms with van der Waals surface area (Å²) in [7, 11) is -2.40. The monoisotopic (exact) mass is 270 g/mol. The van der Waals surface area contributed by atoms with Crippen molar-refractivity contribution in [3.63, 3.8) is 0 Å². The Morgan fingerprint density at radius 3 is 2.35 bits per heavy atom. The molecule has 9 heteroatoms. The highest BCUT2D eigenvalue weighted by Gasteiger charge is 2.48. The van der Waals surface area contributed by atoms with Gasteiger partial charge in [-0.2, -0.15) is 21.6 Å². The van der Waals surface area contributed by atoms with Crippen molar-refractivity contribution in [3.8, 4) is 5.75 Å². The lowest BCUT2D eigenvalue weighted by Crippen LogP contribution is -2.28. The van der Waals surface area contributed by atoms with Gasteiger partial charge in [0, 0.05) is 20.2 Å². The first-order valence-corrected chi connectivity index (χ1v) is 5.67. The molecule has 0 aliphatic rings. The van der Waals surface area contributed by atoms with Gasteiger partial charge in [0.2, 0.25) is 0 Å². The van der Waals surface area contributed by atoms with E-state index in [9.17, 15) is 21.6 Å². The molecule has 0 saturated heterocycles. The SMILES string of the molecule is CN(C)c1cncc(OS(=O)(=O)C(F)(F)F)c1. The van der Waals surface area contributed by atoms with Gasteiger partial charge in [-0.3, -0.25) is 4.98 Å². The van der Waals surface area contributed by atoms with Crippen molar-refractivity contribution in [2.75, 3.05) is 19.0 Å². The predicted octanol–water partition coefficient (Wildman–Crippen LogP) is 1.38. The third-order valence-electron chi connectivity index (χ3n) is 1.70. The maximum atomic E-state index is 12.0. The van der Waals surface area contributed by atoms with Gasteiger partial charge >= 0.3 is 15.6 Å². The van der Waals surface area contributed by atoms with E-state index in [4.69, 9.17) is 0 Å². The molecule has 0 spiro atoms. The lowest BCUT2D eigenvalue weighted by atomic mass is 10.4. The van der Waals surface area contributed by atoms with Gasteiger partial charge in [0.05, 0.1) is 18.1 Å². The fourth-order valence-electron chi connectivity index (χ4n) is 0.871. The van der Waals surface area contributed by atoms with Crippen LogP contribution in [0.1, 0.15) is 0 Å². The number of pyridine rings is 1. The summed E-state index contributed by atoms with van der Waals surface area (Å²) in [6, 6.07) is 1.14. The summed E-state index contributed by atoms with van der Waals surface area (Å²) in [5.41, 5.74) is -5.04. The Balaban J connectivity index is 3.01. The number of hydrogen-bond donors (Lipinski definition) is 0. The second-order valence-electron chi connectivity index (χ2n) is 3.26. The zero-order chi connectivity index (χ0) is 13.3. The molecule has 96 valence electrons. The summed E-state index contributed by atoms with van der Waals surface area (Å²) in [5, 5.41) is 0. The Hall–Kier alpha value is -1.51. The Labute approximate surface area is 96.0 Å². The molecular weight excluding hydrogens is 261 g/mol. The minimum atomic E-state index is -5.65. The molecule has 17 heavy (non-hydrogen) atoms. The van der Waals surface area contributed by atoms with Crippen molar-refractivity contribution in [2.24, 2.45) is 0 Å². The minimum Gasteiger partial charge on any atom is -0.376 e. The summed E-state index contributed by atoms with van der Waals surface area (Å²) in [5.74, 6) is -0.492. The largest absolute Gasteiger partial charge is 0.534 e. The molecule has 1 aromatic heterocycles. The van der Waals surface area contributed by atoms with E-state index < -0.39 is 21.4 Å². The number of rotatable bonds is 3. The van der Waals surface area contributed by atoms with Gasteiger partial charge in [-0.15, -0.1) is 0 Å². The third kappa shape index (κ3) is 3.22. The molecule has 0 N–H and O–H groups in total. The maximum Gasteiger partial charge on any atom is 0.534 e. The van der Waals surface area contributed by atoms with Gasteiger partial charge in [-0.25, -0.2) is 0 Å². The molecule has 0 saturated carbocycles. The van der Waals surface area contributed by atoms with Gasteiger partial charge < -0.3 is 9.08 Å². The normalized spacial score (nSPS) is 12.3. The molecule has 0 aliphatic heterocycles. The van der Waals surface area contributed by atoms with E-state index >= 15 is 0 Å². The molecule has 0 unspecified atom stereocenters. The molecule has 0 bridgehead atoms. The molecule has 0 atom stereocenters. The lowest BCUT2D eigenvalue weighted by molar-refractivity contribution is -0.0500. The number of aromatic nitrogens is 1. The van der Waals surface area contributed by atoms with E-state index in [1.54, 1.807) is 19.0 Å². The van der Waals surface area contributed by atoms with Crippen LogP contribution in [-0.4, -0.2) is 33.0 Å². The molecule has 0 radical (unpaired) electrons. The molecule has 0 aromatic carbocycles. The molecule has 0 aliphatic carbocycles. The lowest BCUT2D eigenvalue weighted by Gasteiger charge is -2.13. The van der Waals surface area contributed by atoms with Crippen molar-refractivity contribution in [3.05, 3.63) is 18.5 Å². The Bertz CT molecular complexity index is 499. The van der Waals surface area contributed by atoms with Crippen LogP contribution in [0.15, 0.2) is 18.5 Å². The molecular formula is C8H9F3N2O3S. The van der Waals surface area contributed by atoms with E-state index in [-0.39, 0.29) is 0 Å². The summed E-state index contributed by atoms with van der Waals surface area (Å²) < 4.78 is 61.4. The van der Waals surface area contributed by atoms with Crippen molar-refractivity contribution >= 4 is 15.8 Å². The first-order chi connectivity index (χ1) is 7.63. The maximum absolute atomic E-state index is 12.0. The zero-order valence-electron chi connectivity index (χ0n) is 8.89. The Kier molecular flexibility index (Phi) is 3.51. The number of alkyl halides is 3. The summed E-state index contributed by atoms with van der Waals surface area (Å²) in [6.45, 7) is 0. The second kappa shape index (κ2) is 4.40. The topological polar surface area (TPSA) is 59.5 Å². The van der Waals surface area contributed by atoms with Crippen LogP contribution in [0.5, 0.6) is 5.75 Å². The van der Waals surface area contributed by atoms with Crippen LogP contribution in [-0.2, 0) is 10.1 Å². The summed E-state index contributed by atoms with van der Waals surface area (Å²) >= 11 is 0. The van der Waals surface area contributed by atoms with E-state index in [0.717, 1.165) is 12.3 Å². The standard InChI is InChI=1S/C8H9F3N2O3S/c1-13(2)6-3-7(5-12-4-6)16-17(14,15)8(9,10)11/h3-5H,1-2H3. The number of nitrogens with zero attached hydrogens (tertiary/aromatic N) is 2. The second-order valence-corrected chi connectivity index (χ2v) is 4.79. The van der Waals surface area contributed by atoms with E-state index in [0.29, 0.717) is 5.69 Å². The van der Waals surface area contributed by atoms with Crippen LogP contribution in [0.2, 0.25) is 0 Å². The van der Waals surface area contributed by atoms with Crippen LogP contribution in [0.25, 0.3) is 0 Å². The molecule has 5 nitrogen and oxygen atoms in total. The quantitative estimate of drug-likeness (QED) is 0.613. The number of hydrogen-bond acceptors (Lipinski definition) is 5. The first kappa shape index (κ1) is 13.6. The fraction of sp³-hybridized carbons (Fsp3) is 0.375. The van der Waals surface area contributed by atoms with Gasteiger partial charge in [0.15, 0.2) is 5.75 Å². The first-order valence-electron chi connectivity index (χ1n) is 4.26. The van der Waals surface area contributed by atoms with Crippen LogP contribution >= 0.6 is 0 Å². The van der Waals surface area contributed by atoms with Crippen LogP contribution in [0.4, 0.5) is 18.9 Å². The van der Waals surface area contributed by atoms with Gasteiger partial charge in [0.1, 0.15) is 0 Å². The smallest absolute Gasteiger partial charge is 0.376 e. The highest BCUT2D eigenvalue weighted by molar-refractivity contribution is 7.87. The zero-order valence-corrected chi connectivity index (χ0v) is 9.71. The van der Waals surface area contributed by atoms with Crippen molar-refractivity contribution in [2.45, 2.75) is 5.51 Å². The van der Waals surface area contributed by atoms with Crippen LogP contribution in [0, 0.1) is 0 Å². The average molecular weight is 270 g/mol. The molecule has 1 rings (SSSR count). The Morgan fingerprint density at radius 1 is 1.29 bits per heavy atom. The minimum absolute atomic E-state index is 0.417. The summed E-state index contributed by atoms with van der Waals surface area (Å²) in [6.07, 6.45) is 2.24. The fourth-order valence-corrected chi connectivity index (χ4v) is 1.31. The molecule has 0 fully saturated rings. The van der Waals surface area contributed by atoms with Gasteiger partial charge in [-0.05, 0) is 0 Å². The average Bonchev–Trinajstić information content (AvgIpc) is 2.15. The predicted molar refractivity (Wildman–Crippen MR) is 54.2 cm³/mol. The highest BCUT2D eigenvalue weighted by Crippen LogP contribution is 2.27. The van der Waals surface area contributed by atoms with E-state index in [1.165, 1.54) is 6.20 Å². The van der Waals surface area contributed by atoms with Crippen molar-refractivity contribution in [1.82, 2.24) is 4.98 Å². The van der Waals surface area contributed by atoms with Crippen molar-refractivity contribution < 1.29 is 25.8 Å². The van der Waals surface area contributed by atoms with E-state index in [1.807, 2.05) is 0 Å². The van der Waals surface area contributed by atoms with Crippen molar-refractivity contribution in [1.29, 1.82) is 0 Å². The number of halogens is 3. The van der Waals surface area contributed by atoms with E-state index in [2.05, 4.69) is 9.17 Å². The molecule has 1 aromatic rings. The molecule has 1 heterocycles. The third-order valence-corrected chi connectivity index (χ3v) is 2.68. The van der Waals surface area contributed by atoms with Gasteiger partial charge in [-0.1, -0.05) is 0 Å². The van der Waals surface area contributed by atoms with Crippen LogP contribution in [0.3, 0.4) is 0 Å². The highest BCUT2D eigenvalue weighted by atomic mass is 32.2. The van der Waals surface area contributed by atoms with Gasteiger partial charge in [0.25, 0.3) is 0 Å².